The molecule has 0 bridgehead atoms. The second-order valence-electron chi connectivity index (χ2n) is 9.63. The first-order valence-corrected chi connectivity index (χ1v) is 15.7. The Labute approximate surface area is 250 Å². The van der Waals surface area contributed by atoms with E-state index in [1.165, 1.54) is 4.90 Å². The molecule has 41 heavy (non-hydrogen) atoms. The Kier molecular flexibility index (Phi) is 9.91. The van der Waals surface area contributed by atoms with Gasteiger partial charge in [-0.1, -0.05) is 96.0 Å². The molecule has 0 aliphatic rings. The van der Waals surface area contributed by atoms with Crippen LogP contribution in [0, 0.1) is 0 Å². The van der Waals surface area contributed by atoms with Crippen molar-refractivity contribution < 1.29 is 18.0 Å². The third-order valence-electron chi connectivity index (χ3n) is 6.69. The van der Waals surface area contributed by atoms with E-state index >= 15 is 0 Å². The summed E-state index contributed by atoms with van der Waals surface area (Å²) < 4.78 is 27.3. The molecule has 10 heteroatoms. The van der Waals surface area contributed by atoms with Gasteiger partial charge >= 0.3 is 0 Å². The van der Waals surface area contributed by atoms with Crippen LogP contribution in [0.2, 0.25) is 10.0 Å². The molecule has 4 aromatic carbocycles. The van der Waals surface area contributed by atoms with E-state index in [9.17, 15) is 18.0 Å². The number of benzene rings is 4. The molecule has 0 aliphatic carbocycles. The van der Waals surface area contributed by atoms with E-state index in [0.717, 1.165) is 21.5 Å². The summed E-state index contributed by atoms with van der Waals surface area (Å²) in [6, 6.07) is 26.0. The van der Waals surface area contributed by atoms with E-state index in [1.807, 2.05) is 60.7 Å². The average molecular weight is 613 g/mol. The van der Waals surface area contributed by atoms with E-state index in [-0.39, 0.29) is 18.9 Å². The minimum absolute atomic E-state index is 0.0311. The Morgan fingerprint density at radius 1 is 0.902 bits per heavy atom. The minimum Gasteiger partial charge on any atom is -0.355 e. The maximum Gasteiger partial charge on any atom is 0.244 e. The molecule has 0 unspecified atom stereocenters. The largest absolute Gasteiger partial charge is 0.355 e. The number of sulfonamides is 1. The predicted molar refractivity (Wildman–Crippen MR) is 166 cm³/mol. The van der Waals surface area contributed by atoms with E-state index in [4.69, 9.17) is 23.2 Å². The number of rotatable bonds is 11. The number of nitrogens with zero attached hydrogens (tertiary/aromatic N) is 2. The second-order valence-corrected chi connectivity index (χ2v) is 12.4. The average Bonchev–Trinajstić information content (AvgIpc) is 2.94. The lowest BCUT2D eigenvalue weighted by Crippen LogP contribution is -2.53. The summed E-state index contributed by atoms with van der Waals surface area (Å²) in [5.74, 6) is -0.910. The zero-order chi connectivity index (χ0) is 29.6. The lowest BCUT2D eigenvalue weighted by Gasteiger charge is -2.34. The van der Waals surface area contributed by atoms with E-state index in [1.54, 1.807) is 37.3 Å². The van der Waals surface area contributed by atoms with Crippen LogP contribution in [0.3, 0.4) is 0 Å². The maximum absolute atomic E-state index is 14.2. The Morgan fingerprint density at radius 2 is 1.59 bits per heavy atom. The van der Waals surface area contributed by atoms with Crippen molar-refractivity contribution in [1.82, 2.24) is 10.2 Å². The molecule has 0 spiro atoms. The molecule has 214 valence electrons. The molecule has 1 atom stereocenters. The molecule has 0 aliphatic heterocycles. The maximum atomic E-state index is 14.2. The van der Waals surface area contributed by atoms with Crippen LogP contribution in [-0.4, -0.2) is 50.5 Å². The molecule has 0 fully saturated rings. The molecule has 0 heterocycles. The Bertz CT molecular complexity index is 1640. The van der Waals surface area contributed by atoms with Crippen molar-refractivity contribution in [2.24, 2.45) is 0 Å². The van der Waals surface area contributed by atoms with Gasteiger partial charge in [-0.15, -0.1) is 0 Å². The molecular formula is C31H31Cl2N3O4S. The number of carbonyl (C=O) groups is 2. The van der Waals surface area contributed by atoms with Crippen LogP contribution < -0.4 is 9.62 Å². The minimum atomic E-state index is -3.90. The fraction of sp³-hybridized carbons (Fsp3) is 0.226. The molecule has 7 nitrogen and oxygen atoms in total. The number of hydrogen-bond acceptors (Lipinski definition) is 4. The standard InChI is InChI=1S/C31H31Cl2N3O4S/c1-3-34-31(38)29(18-22-10-5-4-6-11-22)35(20-24-16-17-25(32)19-27(24)33)30(37)21-36(41(2,39)40)28-15-9-13-23-12-7-8-14-26(23)28/h4-17,19,29H,3,18,20-21H2,1-2H3,(H,34,38)/t29-/m1/s1. The Hall–Kier alpha value is -3.59. The summed E-state index contributed by atoms with van der Waals surface area (Å²) in [4.78, 5) is 29.1. The van der Waals surface area contributed by atoms with Gasteiger partial charge in [0.1, 0.15) is 12.6 Å². The van der Waals surface area contributed by atoms with Gasteiger partial charge in [0.15, 0.2) is 0 Å². The first kappa shape index (κ1) is 30.4. The molecule has 0 saturated carbocycles. The van der Waals surface area contributed by atoms with Crippen molar-refractivity contribution >= 4 is 61.5 Å². The summed E-state index contributed by atoms with van der Waals surface area (Å²) >= 11 is 12.6. The summed E-state index contributed by atoms with van der Waals surface area (Å²) in [5, 5.41) is 5.11. The molecule has 4 aromatic rings. The summed E-state index contributed by atoms with van der Waals surface area (Å²) in [6.45, 7) is 1.62. The highest BCUT2D eigenvalue weighted by atomic mass is 35.5. The van der Waals surface area contributed by atoms with Crippen molar-refractivity contribution in [2.45, 2.75) is 25.9 Å². The third kappa shape index (κ3) is 7.58. The quantitative estimate of drug-likeness (QED) is 0.236. The SMILES string of the molecule is CCNC(=O)[C@@H](Cc1ccccc1)N(Cc1ccc(Cl)cc1Cl)C(=O)CN(c1cccc2ccccc12)S(C)(=O)=O. The molecule has 4 rings (SSSR count). The normalized spacial score (nSPS) is 12.1. The van der Waals surface area contributed by atoms with Crippen LogP contribution in [-0.2, 0) is 32.6 Å². The van der Waals surface area contributed by atoms with Crippen LogP contribution in [0.5, 0.6) is 0 Å². The summed E-state index contributed by atoms with van der Waals surface area (Å²) in [5.41, 5.74) is 1.79. The lowest BCUT2D eigenvalue weighted by atomic mass is 10.0. The number of anilines is 1. The zero-order valence-corrected chi connectivity index (χ0v) is 25.1. The molecule has 2 amide bonds. The number of hydrogen-bond donors (Lipinski definition) is 1. The first-order valence-electron chi connectivity index (χ1n) is 13.1. The fourth-order valence-electron chi connectivity index (χ4n) is 4.70. The van der Waals surface area contributed by atoms with Crippen molar-refractivity contribution in [1.29, 1.82) is 0 Å². The first-order chi connectivity index (χ1) is 19.6. The van der Waals surface area contributed by atoms with Gasteiger partial charge in [0.25, 0.3) is 0 Å². The molecule has 1 N–H and O–H groups in total. The van der Waals surface area contributed by atoms with Crippen molar-refractivity contribution in [2.75, 3.05) is 23.7 Å². The van der Waals surface area contributed by atoms with Crippen LogP contribution in [0.15, 0.2) is 91.0 Å². The number of likely N-dealkylation sites (N-methyl/N-ethyl adjacent to an activating group) is 1. The highest BCUT2D eigenvalue weighted by Gasteiger charge is 2.33. The van der Waals surface area contributed by atoms with E-state index in [0.29, 0.717) is 33.2 Å². The van der Waals surface area contributed by atoms with Crippen molar-refractivity contribution in [3.05, 3.63) is 112 Å². The number of nitrogens with one attached hydrogen (secondary N) is 1. The van der Waals surface area contributed by atoms with Gasteiger partial charge < -0.3 is 10.2 Å². The predicted octanol–water partition coefficient (Wildman–Crippen LogP) is 5.69. The van der Waals surface area contributed by atoms with Crippen LogP contribution in [0.1, 0.15) is 18.1 Å². The smallest absolute Gasteiger partial charge is 0.244 e. The van der Waals surface area contributed by atoms with E-state index in [2.05, 4.69) is 5.32 Å². The van der Waals surface area contributed by atoms with Crippen molar-refractivity contribution in [3.8, 4) is 0 Å². The summed E-state index contributed by atoms with van der Waals surface area (Å²) in [6.07, 6.45) is 1.28. The third-order valence-corrected chi connectivity index (χ3v) is 8.41. The van der Waals surface area contributed by atoms with Gasteiger partial charge in [-0.25, -0.2) is 8.42 Å². The topological polar surface area (TPSA) is 86.8 Å². The molecular weight excluding hydrogens is 581 g/mol. The highest BCUT2D eigenvalue weighted by Crippen LogP contribution is 2.29. The van der Waals surface area contributed by atoms with Crippen LogP contribution in [0.4, 0.5) is 5.69 Å². The number of amides is 2. The van der Waals surface area contributed by atoms with Gasteiger partial charge in [0, 0.05) is 34.9 Å². The van der Waals surface area contributed by atoms with E-state index < -0.39 is 28.5 Å². The summed E-state index contributed by atoms with van der Waals surface area (Å²) in [7, 11) is -3.90. The van der Waals surface area contributed by atoms with Gasteiger partial charge in [-0.3, -0.25) is 13.9 Å². The Balaban J connectivity index is 1.79. The second kappa shape index (κ2) is 13.4. The van der Waals surface area contributed by atoms with Gasteiger partial charge in [-0.05, 0) is 41.6 Å². The van der Waals surface area contributed by atoms with Crippen molar-refractivity contribution in [3.63, 3.8) is 0 Å². The number of carbonyl (C=O) groups excluding carboxylic acids is 2. The van der Waals surface area contributed by atoms with Gasteiger partial charge in [-0.2, -0.15) is 0 Å². The van der Waals surface area contributed by atoms with Crippen LogP contribution in [0.25, 0.3) is 10.8 Å². The number of fused-ring (bicyclic) bond motifs is 1. The van der Waals surface area contributed by atoms with Gasteiger partial charge in [0.05, 0.1) is 11.9 Å². The van der Waals surface area contributed by atoms with Gasteiger partial charge in [0.2, 0.25) is 21.8 Å². The van der Waals surface area contributed by atoms with Crippen LogP contribution >= 0.6 is 23.2 Å². The number of halogens is 2. The fourth-order valence-corrected chi connectivity index (χ4v) is 6.03. The Morgan fingerprint density at radius 3 is 2.27 bits per heavy atom. The molecule has 0 saturated heterocycles. The highest BCUT2D eigenvalue weighted by molar-refractivity contribution is 7.92. The zero-order valence-electron chi connectivity index (χ0n) is 22.8. The molecule has 0 aromatic heterocycles. The molecule has 0 radical (unpaired) electrons. The lowest BCUT2D eigenvalue weighted by molar-refractivity contribution is -0.140. The monoisotopic (exact) mass is 611 g/mol.